The molecule has 0 aliphatic carbocycles. The minimum absolute atomic E-state index is 0.220. The average Bonchev–Trinajstić information content (AvgIpc) is 2.50. The first-order chi connectivity index (χ1) is 10.7. The van der Waals surface area contributed by atoms with Gasteiger partial charge in [-0.1, -0.05) is 12.1 Å². The topological polar surface area (TPSA) is 46.1 Å². The van der Waals surface area contributed by atoms with Gasteiger partial charge in [0.05, 0.1) is 13.2 Å². The molecule has 0 saturated heterocycles. The summed E-state index contributed by atoms with van der Waals surface area (Å²) in [5, 5.41) is 3.27. The van der Waals surface area contributed by atoms with Crippen molar-refractivity contribution < 1.29 is 13.9 Å². The first-order valence-electron chi connectivity index (χ1n) is 7.40. The Morgan fingerprint density at radius 2 is 2.14 bits per heavy atom. The number of halogens is 1. The van der Waals surface area contributed by atoms with Crippen LogP contribution in [0.5, 0.6) is 0 Å². The molecule has 0 aromatic heterocycles. The van der Waals surface area contributed by atoms with Gasteiger partial charge in [-0.15, -0.1) is 0 Å². The summed E-state index contributed by atoms with van der Waals surface area (Å²) in [7, 11) is 5.32. The number of hydrogen-bond acceptors (Lipinski definition) is 3. The Bertz CT molecular complexity index is 455. The fourth-order valence-corrected chi connectivity index (χ4v) is 1.99. The number of aliphatic imine (C=N–C) groups is 1. The van der Waals surface area contributed by atoms with E-state index in [1.807, 2.05) is 18.0 Å². The molecule has 0 saturated carbocycles. The predicted molar refractivity (Wildman–Crippen MR) is 86.5 cm³/mol. The molecule has 0 spiro atoms. The summed E-state index contributed by atoms with van der Waals surface area (Å²) in [4.78, 5) is 6.19. The van der Waals surface area contributed by atoms with Crippen molar-refractivity contribution in [2.75, 3.05) is 47.6 Å². The lowest BCUT2D eigenvalue weighted by Gasteiger charge is -2.22. The molecule has 0 bridgehead atoms. The molecule has 0 fully saturated rings. The molecule has 1 rings (SSSR count). The van der Waals surface area contributed by atoms with Crippen molar-refractivity contribution in [3.05, 3.63) is 35.6 Å². The van der Waals surface area contributed by atoms with Gasteiger partial charge in [0.2, 0.25) is 0 Å². The minimum atomic E-state index is -0.220. The molecule has 124 valence electrons. The maximum atomic E-state index is 13.2. The van der Waals surface area contributed by atoms with Crippen LogP contribution in [0.25, 0.3) is 0 Å². The second-order valence-electron chi connectivity index (χ2n) is 4.92. The molecular formula is C16H26FN3O2. The molecule has 1 aromatic rings. The zero-order valence-corrected chi connectivity index (χ0v) is 13.6. The Morgan fingerprint density at radius 1 is 1.32 bits per heavy atom. The molecule has 6 heteroatoms. The highest BCUT2D eigenvalue weighted by Crippen LogP contribution is 2.06. The fourth-order valence-electron chi connectivity index (χ4n) is 1.99. The van der Waals surface area contributed by atoms with Crippen molar-refractivity contribution >= 4 is 5.96 Å². The number of ether oxygens (including phenoxy) is 2. The lowest BCUT2D eigenvalue weighted by Crippen LogP contribution is -2.39. The molecule has 5 nitrogen and oxygen atoms in total. The fraction of sp³-hybridized carbons (Fsp3) is 0.562. The van der Waals surface area contributed by atoms with Crippen molar-refractivity contribution in [3.8, 4) is 0 Å². The van der Waals surface area contributed by atoms with E-state index in [1.54, 1.807) is 20.2 Å². The van der Waals surface area contributed by atoms with Gasteiger partial charge in [0.1, 0.15) is 5.82 Å². The van der Waals surface area contributed by atoms with Gasteiger partial charge >= 0.3 is 0 Å². The molecule has 0 heterocycles. The van der Waals surface area contributed by atoms with Crippen molar-refractivity contribution in [3.63, 3.8) is 0 Å². The van der Waals surface area contributed by atoms with Crippen LogP contribution in [0.15, 0.2) is 29.3 Å². The number of guanidine groups is 1. The summed E-state index contributed by atoms with van der Waals surface area (Å²) >= 11 is 0. The van der Waals surface area contributed by atoms with Crippen LogP contribution in [0.1, 0.15) is 12.0 Å². The normalized spacial score (nSPS) is 11.5. The van der Waals surface area contributed by atoms with Crippen molar-refractivity contribution in [2.24, 2.45) is 4.99 Å². The first kappa shape index (κ1) is 18.4. The van der Waals surface area contributed by atoms with Crippen LogP contribution in [-0.2, 0) is 16.0 Å². The Hall–Kier alpha value is -1.66. The SMILES string of the molecule is CN=C(NCCCOCCOC)N(C)Cc1cccc(F)c1. The van der Waals surface area contributed by atoms with Gasteiger partial charge in [-0.25, -0.2) is 4.39 Å². The maximum Gasteiger partial charge on any atom is 0.193 e. The van der Waals surface area contributed by atoms with Gasteiger partial charge in [0.15, 0.2) is 5.96 Å². The lowest BCUT2D eigenvalue weighted by atomic mass is 10.2. The van der Waals surface area contributed by atoms with Crippen LogP contribution < -0.4 is 5.32 Å². The Labute approximate surface area is 132 Å². The molecule has 22 heavy (non-hydrogen) atoms. The molecule has 0 amide bonds. The van der Waals surface area contributed by atoms with E-state index in [9.17, 15) is 4.39 Å². The summed E-state index contributed by atoms with van der Waals surface area (Å²) in [5.74, 6) is 0.559. The van der Waals surface area contributed by atoms with Gasteiger partial charge < -0.3 is 19.7 Å². The summed E-state index contributed by atoms with van der Waals surface area (Å²) in [5.41, 5.74) is 0.911. The molecule has 0 aliphatic rings. The second kappa shape index (κ2) is 11.0. The quantitative estimate of drug-likeness (QED) is 0.430. The van der Waals surface area contributed by atoms with Crippen LogP contribution in [0, 0.1) is 5.82 Å². The van der Waals surface area contributed by atoms with Gasteiger partial charge in [0.25, 0.3) is 0 Å². The predicted octanol–water partition coefficient (Wildman–Crippen LogP) is 1.89. The zero-order chi connectivity index (χ0) is 16.2. The Morgan fingerprint density at radius 3 is 2.82 bits per heavy atom. The lowest BCUT2D eigenvalue weighted by molar-refractivity contribution is 0.0698. The third-order valence-corrected chi connectivity index (χ3v) is 3.06. The maximum absolute atomic E-state index is 13.2. The summed E-state index contributed by atoms with van der Waals surface area (Å²) in [6, 6.07) is 6.59. The number of hydrogen-bond donors (Lipinski definition) is 1. The van der Waals surface area contributed by atoms with Gasteiger partial charge in [0, 0.05) is 40.9 Å². The highest BCUT2D eigenvalue weighted by molar-refractivity contribution is 5.79. The van der Waals surface area contributed by atoms with Gasteiger partial charge in [-0.3, -0.25) is 4.99 Å². The molecule has 0 radical (unpaired) electrons. The van der Waals surface area contributed by atoms with E-state index in [0.717, 1.165) is 24.5 Å². The number of methoxy groups -OCH3 is 1. The van der Waals surface area contributed by atoms with Gasteiger partial charge in [-0.2, -0.15) is 0 Å². The van der Waals surface area contributed by atoms with E-state index in [0.29, 0.717) is 26.4 Å². The summed E-state index contributed by atoms with van der Waals surface area (Å²) < 4.78 is 23.5. The van der Waals surface area contributed by atoms with Gasteiger partial charge in [-0.05, 0) is 24.1 Å². The number of nitrogens with one attached hydrogen (secondary N) is 1. The number of benzene rings is 1. The largest absolute Gasteiger partial charge is 0.382 e. The Balaban J connectivity index is 2.28. The van der Waals surface area contributed by atoms with E-state index in [-0.39, 0.29) is 5.82 Å². The van der Waals surface area contributed by atoms with E-state index in [1.165, 1.54) is 12.1 Å². The molecule has 1 N–H and O–H groups in total. The molecule has 0 aliphatic heterocycles. The highest BCUT2D eigenvalue weighted by Gasteiger charge is 2.06. The first-order valence-corrected chi connectivity index (χ1v) is 7.40. The number of rotatable bonds is 9. The van der Waals surface area contributed by atoms with E-state index in [4.69, 9.17) is 9.47 Å². The molecule has 1 aromatic carbocycles. The minimum Gasteiger partial charge on any atom is -0.382 e. The van der Waals surface area contributed by atoms with Crippen LogP contribution in [0.4, 0.5) is 4.39 Å². The third-order valence-electron chi connectivity index (χ3n) is 3.06. The Kier molecular flexibility index (Phi) is 9.18. The smallest absolute Gasteiger partial charge is 0.193 e. The average molecular weight is 311 g/mol. The van der Waals surface area contributed by atoms with E-state index >= 15 is 0 Å². The van der Waals surface area contributed by atoms with Crippen molar-refractivity contribution in [1.82, 2.24) is 10.2 Å². The zero-order valence-electron chi connectivity index (χ0n) is 13.6. The molecule has 0 atom stereocenters. The van der Waals surface area contributed by atoms with Crippen LogP contribution in [0.3, 0.4) is 0 Å². The molecular weight excluding hydrogens is 285 g/mol. The standard InChI is InChI=1S/C16H26FN3O2/c1-18-16(19-8-5-9-22-11-10-21-3)20(2)13-14-6-4-7-15(17)12-14/h4,6-7,12H,5,8-11,13H2,1-3H3,(H,18,19). The molecule has 0 unspecified atom stereocenters. The highest BCUT2D eigenvalue weighted by atomic mass is 19.1. The van der Waals surface area contributed by atoms with Crippen LogP contribution in [0.2, 0.25) is 0 Å². The van der Waals surface area contributed by atoms with Crippen molar-refractivity contribution in [2.45, 2.75) is 13.0 Å². The van der Waals surface area contributed by atoms with E-state index in [2.05, 4.69) is 10.3 Å². The number of nitrogens with zero attached hydrogens (tertiary/aromatic N) is 2. The second-order valence-corrected chi connectivity index (χ2v) is 4.92. The van der Waals surface area contributed by atoms with Crippen LogP contribution >= 0.6 is 0 Å². The van der Waals surface area contributed by atoms with E-state index < -0.39 is 0 Å². The summed E-state index contributed by atoms with van der Waals surface area (Å²) in [6.07, 6.45) is 0.885. The van der Waals surface area contributed by atoms with Crippen molar-refractivity contribution in [1.29, 1.82) is 0 Å². The van der Waals surface area contributed by atoms with Crippen LogP contribution in [-0.4, -0.2) is 58.4 Å². The third kappa shape index (κ3) is 7.38. The monoisotopic (exact) mass is 311 g/mol. The summed E-state index contributed by atoms with van der Waals surface area (Å²) in [6.45, 7) is 3.28.